The Morgan fingerprint density at radius 2 is 1.73 bits per heavy atom. The average molecular weight is 326 g/mol. The minimum absolute atomic E-state index is 0.0679. The summed E-state index contributed by atoms with van der Waals surface area (Å²) in [6, 6.07) is 5.29. The lowest BCUT2D eigenvalue weighted by Crippen LogP contribution is -2.35. The normalized spacial score (nSPS) is 17.1. The van der Waals surface area contributed by atoms with Gasteiger partial charge in [0.2, 0.25) is 21.8 Å². The molecule has 1 unspecified atom stereocenters. The summed E-state index contributed by atoms with van der Waals surface area (Å²) in [6.45, 7) is 1.95. The van der Waals surface area contributed by atoms with Gasteiger partial charge in [0.15, 0.2) is 0 Å². The lowest BCUT2D eigenvalue weighted by Gasteiger charge is -2.16. The first-order valence-electron chi connectivity index (χ1n) is 6.82. The number of hydrogen-bond acceptors (Lipinski definition) is 5. The number of benzene rings is 1. The third-order valence-corrected chi connectivity index (χ3v) is 4.84. The number of amides is 2. The summed E-state index contributed by atoms with van der Waals surface area (Å²) in [7, 11) is -2.18. The van der Waals surface area contributed by atoms with Crippen molar-refractivity contribution in [1.82, 2.24) is 4.72 Å². The van der Waals surface area contributed by atoms with Crippen LogP contribution >= 0.6 is 0 Å². The fourth-order valence-corrected chi connectivity index (χ4v) is 3.48. The lowest BCUT2D eigenvalue weighted by atomic mass is 10.3. The molecule has 0 aromatic heterocycles. The molecule has 22 heavy (non-hydrogen) atoms. The van der Waals surface area contributed by atoms with Crippen molar-refractivity contribution in [1.29, 1.82) is 0 Å². The standard InChI is InChI=1S/C14H18N2O5S/c1-10(9-21-2)15-22(19,20)12-5-3-11(4-6-12)16-13(17)7-8-14(16)18/h3-6,10,15H,7-9H2,1-2H3. The van der Waals surface area contributed by atoms with Gasteiger partial charge in [-0.05, 0) is 31.2 Å². The van der Waals surface area contributed by atoms with Crippen molar-refractivity contribution in [3.63, 3.8) is 0 Å². The molecule has 120 valence electrons. The van der Waals surface area contributed by atoms with Crippen molar-refractivity contribution in [2.45, 2.75) is 30.7 Å². The minimum atomic E-state index is -3.67. The van der Waals surface area contributed by atoms with Crippen LogP contribution in [0.4, 0.5) is 5.69 Å². The van der Waals surface area contributed by atoms with E-state index in [1.54, 1.807) is 6.92 Å². The van der Waals surface area contributed by atoms with Gasteiger partial charge in [-0.1, -0.05) is 0 Å². The zero-order valence-corrected chi connectivity index (χ0v) is 13.2. The number of anilines is 1. The minimum Gasteiger partial charge on any atom is -0.383 e. The van der Waals surface area contributed by atoms with E-state index in [2.05, 4.69) is 4.72 Å². The zero-order chi connectivity index (χ0) is 16.3. The summed E-state index contributed by atoms with van der Waals surface area (Å²) in [5, 5.41) is 0. The van der Waals surface area contributed by atoms with E-state index < -0.39 is 10.0 Å². The molecule has 1 fully saturated rings. The molecule has 0 aliphatic carbocycles. The Bertz CT molecular complexity index is 653. The first-order valence-corrected chi connectivity index (χ1v) is 8.30. The number of sulfonamides is 1. The zero-order valence-electron chi connectivity index (χ0n) is 12.4. The van der Waals surface area contributed by atoms with E-state index >= 15 is 0 Å². The maximum absolute atomic E-state index is 12.2. The number of carbonyl (C=O) groups is 2. The van der Waals surface area contributed by atoms with Crippen LogP contribution in [0, 0.1) is 0 Å². The smallest absolute Gasteiger partial charge is 0.240 e. The third-order valence-electron chi connectivity index (χ3n) is 3.23. The van der Waals surface area contributed by atoms with Gasteiger partial charge in [-0.25, -0.2) is 13.1 Å². The van der Waals surface area contributed by atoms with Crippen LogP contribution in [0.25, 0.3) is 0 Å². The van der Waals surface area contributed by atoms with Gasteiger partial charge >= 0.3 is 0 Å². The van der Waals surface area contributed by atoms with Crippen LogP contribution in [0.2, 0.25) is 0 Å². The topological polar surface area (TPSA) is 92.8 Å². The van der Waals surface area contributed by atoms with E-state index in [1.807, 2.05) is 0 Å². The second-order valence-electron chi connectivity index (χ2n) is 5.09. The van der Waals surface area contributed by atoms with Crippen molar-refractivity contribution < 1.29 is 22.7 Å². The van der Waals surface area contributed by atoms with Gasteiger partial charge in [-0.3, -0.25) is 14.5 Å². The van der Waals surface area contributed by atoms with Crippen LogP contribution in [-0.2, 0) is 24.3 Å². The van der Waals surface area contributed by atoms with E-state index in [4.69, 9.17) is 4.74 Å². The highest BCUT2D eigenvalue weighted by atomic mass is 32.2. The van der Waals surface area contributed by atoms with Crippen LogP contribution in [0.5, 0.6) is 0 Å². The third kappa shape index (κ3) is 3.52. The molecule has 1 heterocycles. The molecular weight excluding hydrogens is 308 g/mol. The van der Waals surface area contributed by atoms with E-state index in [1.165, 1.54) is 31.4 Å². The first kappa shape index (κ1) is 16.6. The van der Waals surface area contributed by atoms with Crippen molar-refractivity contribution in [3.05, 3.63) is 24.3 Å². The average Bonchev–Trinajstić information content (AvgIpc) is 2.78. The summed E-state index contributed by atoms with van der Waals surface area (Å²) in [5.41, 5.74) is 0.386. The maximum atomic E-state index is 12.2. The molecule has 0 spiro atoms. The first-order chi connectivity index (χ1) is 10.3. The van der Waals surface area contributed by atoms with Crippen molar-refractivity contribution in [3.8, 4) is 0 Å². The highest BCUT2D eigenvalue weighted by Gasteiger charge is 2.30. The molecule has 0 saturated carbocycles. The van der Waals surface area contributed by atoms with E-state index in [9.17, 15) is 18.0 Å². The Kier molecular flexibility index (Phi) is 4.94. The fraction of sp³-hybridized carbons (Fsp3) is 0.429. The van der Waals surface area contributed by atoms with Crippen LogP contribution in [0.15, 0.2) is 29.2 Å². The molecule has 1 N–H and O–H groups in total. The molecule has 0 bridgehead atoms. The van der Waals surface area contributed by atoms with Crippen LogP contribution in [0.1, 0.15) is 19.8 Å². The number of imide groups is 1. The molecule has 8 heteroatoms. The molecule has 1 aliphatic heterocycles. The number of methoxy groups -OCH3 is 1. The van der Waals surface area contributed by atoms with Crippen LogP contribution < -0.4 is 9.62 Å². The molecule has 7 nitrogen and oxygen atoms in total. The largest absolute Gasteiger partial charge is 0.383 e. The summed E-state index contributed by atoms with van der Waals surface area (Å²) >= 11 is 0. The van der Waals surface area contributed by atoms with Crippen LogP contribution in [0.3, 0.4) is 0 Å². The number of nitrogens with one attached hydrogen (secondary N) is 1. The molecule has 2 rings (SSSR count). The number of hydrogen-bond donors (Lipinski definition) is 1. The van der Waals surface area contributed by atoms with E-state index in [-0.39, 0.29) is 42.2 Å². The fourth-order valence-electron chi connectivity index (χ4n) is 2.26. The number of nitrogens with zero attached hydrogens (tertiary/aromatic N) is 1. The molecule has 0 radical (unpaired) electrons. The molecule has 1 aliphatic rings. The Morgan fingerprint density at radius 3 is 2.23 bits per heavy atom. The quantitative estimate of drug-likeness (QED) is 0.775. The summed E-state index contributed by atoms with van der Waals surface area (Å²) < 4.78 is 31.7. The van der Waals surface area contributed by atoms with Gasteiger partial charge < -0.3 is 4.74 Å². The van der Waals surface area contributed by atoms with Crippen molar-refractivity contribution >= 4 is 27.5 Å². The van der Waals surface area contributed by atoms with Gasteiger partial charge in [-0.2, -0.15) is 0 Å². The molecule has 2 amide bonds. The lowest BCUT2D eigenvalue weighted by molar-refractivity contribution is -0.121. The van der Waals surface area contributed by atoms with E-state index in [0.717, 1.165) is 4.90 Å². The highest BCUT2D eigenvalue weighted by Crippen LogP contribution is 2.23. The Balaban J connectivity index is 2.18. The maximum Gasteiger partial charge on any atom is 0.240 e. The van der Waals surface area contributed by atoms with Crippen LogP contribution in [-0.4, -0.2) is 40.0 Å². The predicted octanol–water partition coefficient (Wildman–Crippen LogP) is 0.653. The van der Waals surface area contributed by atoms with E-state index in [0.29, 0.717) is 5.69 Å². The Morgan fingerprint density at radius 1 is 1.18 bits per heavy atom. The number of rotatable bonds is 6. The van der Waals surface area contributed by atoms with Gasteiger partial charge in [-0.15, -0.1) is 0 Å². The van der Waals surface area contributed by atoms with Gasteiger partial charge in [0.25, 0.3) is 0 Å². The van der Waals surface area contributed by atoms with Gasteiger partial charge in [0, 0.05) is 26.0 Å². The Hall–Kier alpha value is -1.77. The summed E-state index contributed by atoms with van der Waals surface area (Å²) in [4.78, 5) is 24.4. The second-order valence-corrected chi connectivity index (χ2v) is 6.81. The second kappa shape index (κ2) is 6.55. The van der Waals surface area contributed by atoms with Gasteiger partial charge in [0.1, 0.15) is 0 Å². The molecule has 1 saturated heterocycles. The highest BCUT2D eigenvalue weighted by molar-refractivity contribution is 7.89. The summed E-state index contributed by atoms with van der Waals surface area (Å²) in [5.74, 6) is -0.542. The number of carbonyl (C=O) groups excluding carboxylic acids is 2. The monoisotopic (exact) mass is 326 g/mol. The predicted molar refractivity (Wildman–Crippen MR) is 79.8 cm³/mol. The van der Waals surface area contributed by atoms with Gasteiger partial charge in [0.05, 0.1) is 17.2 Å². The SMILES string of the molecule is COCC(C)NS(=O)(=O)c1ccc(N2C(=O)CCC2=O)cc1. The molecular formula is C14H18N2O5S. The molecule has 1 atom stereocenters. The number of ether oxygens (including phenoxy) is 1. The van der Waals surface area contributed by atoms with Crippen molar-refractivity contribution in [2.24, 2.45) is 0 Å². The molecule has 1 aromatic carbocycles. The molecule has 1 aromatic rings. The van der Waals surface area contributed by atoms with Crippen molar-refractivity contribution in [2.75, 3.05) is 18.6 Å². The summed E-state index contributed by atoms with van der Waals surface area (Å²) in [6.07, 6.45) is 0.379. The Labute approximate surface area is 129 Å².